The van der Waals surface area contributed by atoms with Gasteiger partial charge in [-0.3, -0.25) is 4.79 Å². The molecule has 1 fully saturated rings. The van der Waals surface area contributed by atoms with E-state index < -0.39 is 15.1 Å². The van der Waals surface area contributed by atoms with Crippen molar-refractivity contribution in [2.24, 2.45) is 5.92 Å². The first kappa shape index (κ1) is 9.00. The van der Waals surface area contributed by atoms with E-state index in [9.17, 15) is 13.2 Å². The molecule has 0 aromatic rings. The molecule has 1 atom stereocenters. The van der Waals surface area contributed by atoms with Gasteiger partial charge in [-0.15, -0.1) is 0 Å². The van der Waals surface area contributed by atoms with Crippen LogP contribution in [0.3, 0.4) is 0 Å². The third-order valence-electron chi connectivity index (χ3n) is 1.78. The first-order valence-corrected chi connectivity index (χ1v) is 5.58. The third-order valence-corrected chi connectivity index (χ3v) is 3.77. The third kappa shape index (κ3) is 2.79. The zero-order chi connectivity index (χ0) is 8.48. The molecule has 1 heterocycles. The fourth-order valence-corrected chi connectivity index (χ4v) is 3.34. The summed E-state index contributed by atoms with van der Waals surface area (Å²) in [5, 5.41) is -0.438. The molecule has 0 aromatic heterocycles. The molecule has 0 saturated carbocycles. The highest BCUT2D eigenvalue weighted by Gasteiger charge is 2.28. The molecular formula is C6H9ClO3S. The normalized spacial score (nSPS) is 28.6. The van der Waals surface area contributed by atoms with Crippen molar-refractivity contribution in [1.82, 2.24) is 0 Å². The van der Waals surface area contributed by atoms with E-state index in [1.807, 2.05) is 0 Å². The Morgan fingerprint density at radius 1 is 1.55 bits per heavy atom. The van der Waals surface area contributed by atoms with Crippen molar-refractivity contribution in [2.45, 2.75) is 12.8 Å². The fourth-order valence-electron chi connectivity index (χ4n) is 1.26. The quantitative estimate of drug-likeness (QED) is 0.607. The Balaban J connectivity index is 2.49. The van der Waals surface area contributed by atoms with Crippen molar-refractivity contribution < 1.29 is 13.2 Å². The zero-order valence-corrected chi connectivity index (χ0v) is 7.49. The average molecular weight is 197 g/mol. The van der Waals surface area contributed by atoms with Gasteiger partial charge in [-0.25, -0.2) is 8.42 Å². The molecule has 5 heteroatoms. The van der Waals surface area contributed by atoms with Gasteiger partial charge in [-0.05, 0) is 23.9 Å². The minimum atomic E-state index is -2.85. The van der Waals surface area contributed by atoms with E-state index in [2.05, 4.69) is 0 Å². The van der Waals surface area contributed by atoms with Gasteiger partial charge in [0.25, 0.3) is 0 Å². The lowest BCUT2D eigenvalue weighted by Crippen LogP contribution is -2.07. The van der Waals surface area contributed by atoms with Crippen molar-refractivity contribution in [1.29, 1.82) is 0 Å². The Kier molecular flexibility index (Phi) is 2.54. The molecule has 1 aliphatic rings. The van der Waals surface area contributed by atoms with Crippen LogP contribution in [0.5, 0.6) is 0 Å². The number of rotatable bonds is 2. The first-order chi connectivity index (χ1) is 4.99. The summed E-state index contributed by atoms with van der Waals surface area (Å²) in [6.45, 7) is 0. The molecule has 64 valence electrons. The predicted octanol–water partition coefficient (Wildman–Crippen LogP) is 0.577. The van der Waals surface area contributed by atoms with Crippen molar-refractivity contribution in [2.75, 3.05) is 11.5 Å². The molecule has 1 saturated heterocycles. The molecule has 0 unspecified atom stereocenters. The van der Waals surface area contributed by atoms with Crippen LogP contribution < -0.4 is 0 Å². The topological polar surface area (TPSA) is 51.2 Å². The van der Waals surface area contributed by atoms with Gasteiger partial charge >= 0.3 is 0 Å². The molecule has 0 aliphatic carbocycles. The standard InChI is InChI=1S/C6H9ClO3S/c7-6(8)3-5-1-2-11(9,10)4-5/h5H,1-4H2/t5-/m0/s1. The van der Waals surface area contributed by atoms with Crippen LogP contribution in [0, 0.1) is 5.92 Å². The van der Waals surface area contributed by atoms with E-state index in [-0.39, 0.29) is 23.8 Å². The Labute approximate surface area is 70.6 Å². The second kappa shape index (κ2) is 3.11. The van der Waals surface area contributed by atoms with Gasteiger partial charge in [0.05, 0.1) is 11.5 Å². The molecule has 0 radical (unpaired) electrons. The van der Waals surface area contributed by atoms with Crippen LogP contribution in [0.4, 0.5) is 0 Å². The van der Waals surface area contributed by atoms with Crippen LogP contribution in [0.15, 0.2) is 0 Å². The minimum absolute atomic E-state index is 0.0370. The maximum Gasteiger partial charge on any atom is 0.221 e. The van der Waals surface area contributed by atoms with Gasteiger partial charge in [0.2, 0.25) is 5.24 Å². The summed E-state index contributed by atoms with van der Waals surface area (Å²) in [6.07, 6.45) is 0.779. The van der Waals surface area contributed by atoms with E-state index in [0.29, 0.717) is 6.42 Å². The summed E-state index contributed by atoms with van der Waals surface area (Å²) in [7, 11) is -2.85. The Morgan fingerprint density at radius 3 is 2.55 bits per heavy atom. The average Bonchev–Trinajstić information content (AvgIpc) is 2.08. The highest BCUT2D eigenvalue weighted by atomic mass is 35.5. The van der Waals surface area contributed by atoms with E-state index >= 15 is 0 Å². The lowest BCUT2D eigenvalue weighted by molar-refractivity contribution is -0.112. The molecule has 1 rings (SSSR count). The van der Waals surface area contributed by atoms with Crippen molar-refractivity contribution in [3.05, 3.63) is 0 Å². The maximum atomic E-state index is 10.9. The molecule has 3 nitrogen and oxygen atoms in total. The highest BCUT2D eigenvalue weighted by molar-refractivity contribution is 7.91. The van der Waals surface area contributed by atoms with Gasteiger partial charge in [-0.1, -0.05) is 0 Å². The lowest BCUT2D eigenvalue weighted by atomic mass is 10.1. The minimum Gasteiger partial charge on any atom is -0.281 e. The molecule has 11 heavy (non-hydrogen) atoms. The first-order valence-electron chi connectivity index (χ1n) is 3.38. The van der Waals surface area contributed by atoms with Gasteiger partial charge < -0.3 is 0 Å². The molecule has 0 aromatic carbocycles. The lowest BCUT2D eigenvalue weighted by Gasteiger charge is -2.00. The van der Waals surface area contributed by atoms with Crippen LogP contribution in [-0.4, -0.2) is 25.2 Å². The Morgan fingerprint density at radius 2 is 2.18 bits per heavy atom. The Hall–Kier alpha value is -0.0900. The number of hydrogen-bond donors (Lipinski definition) is 0. The largest absolute Gasteiger partial charge is 0.281 e. The SMILES string of the molecule is O=C(Cl)C[C@@H]1CCS(=O)(=O)C1. The van der Waals surface area contributed by atoms with Crippen LogP contribution in [0.1, 0.15) is 12.8 Å². The summed E-state index contributed by atoms with van der Waals surface area (Å²) in [4.78, 5) is 10.4. The number of carbonyl (C=O) groups excluding carboxylic acids is 1. The monoisotopic (exact) mass is 196 g/mol. The highest BCUT2D eigenvalue weighted by Crippen LogP contribution is 2.22. The molecule has 1 aliphatic heterocycles. The second-order valence-corrected chi connectivity index (χ2v) is 5.48. The molecule has 0 N–H and O–H groups in total. The van der Waals surface area contributed by atoms with Crippen LogP contribution >= 0.6 is 11.6 Å². The smallest absolute Gasteiger partial charge is 0.221 e. The molecule has 0 amide bonds. The van der Waals surface area contributed by atoms with Crippen LogP contribution in [-0.2, 0) is 14.6 Å². The van der Waals surface area contributed by atoms with E-state index in [1.54, 1.807) is 0 Å². The summed E-state index contributed by atoms with van der Waals surface area (Å²) in [5.74, 6) is 0.304. The molecule has 0 spiro atoms. The van der Waals surface area contributed by atoms with Crippen LogP contribution in [0.2, 0.25) is 0 Å². The maximum absolute atomic E-state index is 10.9. The predicted molar refractivity (Wildman–Crippen MR) is 42.2 cm³/mol. The summed E-state index contributed by atoms with van der Waals surface area (Å²) < 4.78 is 21.7. The number of carbonyl (C=O) groups is 1. The van der Waals surface area contributed by atoms with Crippen molar-refractivity contribution >= 4 is 26.7 Å². The number of sulfone groups is 1. The second-order valence-electron chi connectivity index (χ2n) is 2.83. The van der Waals surface area contributed by atoms with E-state index in [4.69, 9.17) is 11.6 Å². The molecular weight excluding hydrogens is 188 g/mol. The van der Waals surface area contributed by atoms with Crippen molar-refractivity contribution in [3.63, 3.8) is 0 Å². The van der Waals surface area contributed by atoms with Gasteiger partial charge in [0.15, 0.2) is 9.84 Å². The van der Waals surface area contributed by atoms with Crippen molar-refractivity contribution in [3.8, 4) is 0 Å². The summed E-state index contributed by atoms with van der Waals surface area (Å²) >= 11 is 5.12. The van der Waals surface area contributed by atoms with Gasteiger partial charge in [0.1, 0.15) is 0 Å². The van der Waals surface area contributed by atoms with Crippen LogP contribution in [0.25, 0.3) is 0 Å². The van der Waals surface area contributed by atoms with Gasteiger partial charge in [-0.2, -0.15) is 0 Å². The summed E-state index contributed by atoms with van der Waals surface area (Å²) in [6, 6.07) is 0. The van der Waals surface area contributed by atoms with Gasteiger partial charge in [0, 0.05) is 6.42 Å². The number of halogens is 1. The van der Waals surface area contributed by atoms with E-state index in [1.165, 1.54) is 0 Å². The summed E-state index contributed by atoms with van der Waals surface area (Å²) in [5.41, 5.74) is 0. The Bertz CT molecular complexity index is 257. The van der Waals surface area contributed by atoms with E-state index in [0.717, 1.165) is 0 Å². The zero-order valence-electron chi connectivity index (χ0n) is 5.92. The molecule has 0 bridgehead atoms. The fraction of sp³-hybridized carbons (Fsp3) is 0.833. The number of hydrogen-bond acceptors (Lipinski definition) is 3.